The molecule has 1 aromatic heterocycles. The summed E-state index contributed by atoms with van der Waals surface area (Å²) in [6.45, 7) is 3.36. The molecule has 132 valence electrons. The third-order valence-corrected chi connectivity index (χ3v) is 4.32. The number of halogens is 1. The Bertz CT molecular complexity index is 743. The lowest BCUT2D eigenvalue weighted by Crippen LogP contribution is -2.48. The Labute approximate surface area is 148 Å². The summed E-state index contributed by atoms with van der Waals surface area (Å²) in [6, 6.07) is 5.48. The Hall–Kier alpha value is -2.54. The molecule has 5 nitrogen and oxygen atoms in total. The average Bonchev–Trinajstić information content (AvgIpc) is 3.13. The van der Waals surface area contributed by atoms with Crippen molar-refractivity contribution >= 4 is 29.0 Å². The molecule has 0 aliphatic rings. The van der Waals surface area contributed by atoms with Crippen LogP contribution in [0.4, 0.5) is 4.39 Å². The van der Waals surface area contributed by atoms with E-state index in [1.807, 2.05) is 0 Å². The molecule has 2 rings (SSSR count). The molecule has 2 atom stereocenters. The number of benzene rings is 1. The van der Waals surface area contributed by atoms with Gasteiger partial charge in [-0.25, -0.2) is 4.39 Å². The number of ketones is 1. The van der Waals surface area contributed by atoms with E-state index < -0.39 is 29.7 Å². The average molecular weight is 363 g/mol. The predicted molar refractivity (Wildman–Crippen MR) is 92.1 cm³/mol. The van der Waals surface area contributed by atoms with Gasteiger partial charge < -0.3 is 10.1 Å². The molecule has 0 spiro atoms. The van der Waals surface area contributed by atoms with Gasteiger partial charge in [0.05, 0.1) is 12.5 Å². The number of esters is 1. The Kier molecular flexibility index (Phi) is 6.41. The second-order valence-electron chi connectivity index (χ2n) is 5.38. The summed E-state index contributed by atoms with van der Waals surface area (Å²) < 4.78 is 18.0. The maximum Gasteiger partial charge on any atom is 0.311 e. The van der Waals surface area contributed by atoms with Gasteiger partial charge in [-0.2, -0.15) is 11.3 Å². The molecule has 0 aliphatic carbocycles. The summed E-state index contributed by atoms with van der Waals surface area (Å²) in [7, 11) is 0. The highest BCUT2D eigenvalue weighted by Gasteiger charge is 2.33. The van der Waals surface area contributed by atoms with Crippen molar-refractivity contribution in [2.24, 2.45) is 5.92 Å². The quantitative estimate of drug-likeness (QED) is 0.606. The van der Waals surface area contributed by atoms with E-state index in [-0.39, 0.29) is 18.0 Å². The molecule has 0 fully saturated rings. The molecule has 0 saturated carbocycles. The lowest BCUT2D eigenvalue weighted by atomic mass is 9.94. The summed E-state index contributed by atoms with van der Waals surface area (Å²) in [5.74, 6) is -2.85. The van der Waals surface area contributed by atoms with Gasteiger partial charge in [-0.3, -0.25) is 14.4 Å². The van der Waals surface area contributed by atoms with Gasteiger partial charge in [0.25, 0.3) is 5.91 Å². The first kappa shape index (κ1) is 18.8. The van der Waals surface area contributed by atoms with Gasteiger partial charge in [-0.1, -0.05) is 0 Å². The van der Waals surface area contributed by atoms with Crippen LogP contribution in [0.3, 0.4) is 0 Å². The van der Waals surface area contributed by atoms with Crippen molar-refractivity contribution in [3.05, 3.63) is 58.0 Å². The van der Waals surface area contributed by atoms with Gasteiger partial charge in [-0.05, 0) is 49.6 Å². The fourth-order valence-electron chi connectivity index (χ4n) is 2.24. The Morgan fingerprint density at radius 3 is 2.40 bits per heavy atom. The number of thiophene rings is 1. The van der Waals surface area contributed by atoms with Crippen molar-refractivity contribution in [1.29, 1.82) is 0 Å². The molecule has 1 N–H and O–H groups in total. The van der Waals surface area contributed by atoms with Crippen molar-refractivity contribution < 1.29 is 23.5 Å². The zero-order valence-electron chi connectivity index (χ0n) is 13.8. The van der Waals surface area contributed by atoms with Crippen molar-refractivity contribution in [2.75, 3.05) is 6.61 Å². The van der Waals surface area contributed by atoms with Crippen LogP contribution in [0.5, 0.6) is 0 Å². The van der Waals surface area contributed by atoms with E-state index in [9.17, 15) is 18.8 Å². The van der Waals surface area contributed by atoms with E-state index in [2.05, 4.69) is 5.32 Å². The number of nitrogens with one attached hydrogen (secondary N) is 1. The summed E-state index contributed by atoms with van der Waals surface area (Å²) in [5.41, 5.74) is 0.603. The first-order valence-electron chi connectivity index (χ1n) is 7.73. The number of rotatable bonds is 7. The van der Waals surface area contributed by atoms with Crippen molar-refractivity contribution in [2.45, 2.75) is 19.9 Å². The minimum absolute atomic E-state index is 0.175. The van der Waals surface area contributed by atoms with E-state index >= 15 is 0 Å². The second kappa shape index (κ2) is 8.53. The zero-order valence-corrected chi connectivity index (χ0v) is 14.6. The first-order valence-corrected chi connectivity index (χ1v) is 8.67. The van der Waals surface area contributed by atoms with Crippen LogP contribution in [0.1, 0.15) is 34.6 Å². The largest absolute Gasteiger partial charge is 0.466 e. The smallest absolute Gasteiger partial charge is 0.311 e. The summed E-state index contributed by atoms with van der Waals surface area (Å²) in [5, 5.41) is 5.96. The van der Waals surface area contributed by atoms with Crippen LogP contribution in [0, 0.1) is 11.7 Å². The highest BCUT2D eigenvalue weighted by molar-refractivity contribution is 7.08. The van der Waals surface area contributed by atoms with Crippen LogP contribution < -0.4 is 5.32 Å². The Morgan fingerprint density at radius 2 is 1.84 bits per heavy atom. The minimum atomic E-state index is -1.08. The molecule has 0 aliphatic heterocycles. The molecule has 0 saturated heterocycles. The molecule has 1 heterocycles. The van der Waals surface area contributed by atoms with Gasteiger partial charge in [0.1, 0.15) is 11.9 Å². The number of carbonyl (C=O) groups excluding carboxylic acids is 3. The molecule has 0 radical (unpaired) electrons. The number of ether oxygens (including phenoxy) is 1. The number of Topliss-reactive ketones (excluding diaryl/α,β-unsaturated/α-hetero) is 1. The fourth-order valence-corrected chi connectivity index (χ4v) is 2.88. The standard InChI is InChI=1S/C18H18FNO4S/c1-3-24-18(23)11(2)15(16(21)13-8-9-25-10-13)20-17(22)12-4-6-14(19)7-5-12/h4-11,15H,3H2,1-2H3,(H,20,22). The lowest BCUT2D eigenvalue weighted by molar-refractivity contribution is -0.147. The third-order valence-electron chi connectivity index (χ3n) is 3.64. The number of hydrogen-bond acceptors (Lipinski definition) is 5. The zero-order chi connectivity index (χ0) is 18.4. The maximum atomic E-state index is 13.0. The molecule has 25 heavy (non-hydrogen) atoms. The predicted octanol–water partition coefficient (Wildman–Crippen LogP) is 3.07. The van der Waals surface area contributed by atoms with Crippen LogP contribution in [-0.4, -0.2) is 30.3 Å². The van der Waals surface area contributed by atoms with Gasteiger partial charge in [-0.15, -0.1) is 0 Å². The van der Waals surface area contributed by atoms with E-state index in [4.69, 9.17) is 4.74 Å². The van der Waals surface area contributed by atoms with Crippen LogP contribution in [0.15, 0.2) is 41.1 Å². The summed E-state index contributed by atoms with van der Waals surface area (Å²) >= 11 is 1.34. The number of carbonyl (C=O) groups is 3. The van der Waals surface area contributed by atoms with E-state index in [1.165, 1.54) is 30.4 Å². The van der Waals surface area contributed by atoms with Crippen molar-refractivity contribution in [3.8, 4) is 0 Å². The monoisotopic (exact) mass is 363 g/mol. The molecule has 1 amide bonds. The molecule has 1 aromatic carbocycles. The van der Waals surface area contributed by atoms with Crippen molar-refractivity contribution in [1.82, 2.24) is 5.32 Å². The van der Waals surface area contributed by atoms with Crippen molar-refractivity contribution in [3.63, 3.8) is 0 Å². The highest BCUT2D eigenvalue weighted by Crippen LogP contribution is 2.16. The second-order valence-corrected chi connectivity index (χ2v) is 6.16. The van der Waals surface area contributed by atoms with Crippen LogP contribution >= 0.6 is 11.3 Å². The van der Waals surface area contributed by atoms with E-state index in [1.54, 1.807) is 23.8 Å². The Morgan fingerprint density at radius 1 is 1.16 bits per heavy atom. The third kappa shape index (κ3) is 4.73. The molecular weight excluding hydrogens is 345 g/mol. The minimum Gasteiger partial charge on any atom is -0.466 e. The normalized spacial score (nSPS) is 12.9. The number of hydrogen-bond donors (Lipinski definition) is 1. The molecule has 2 aromatic rings. The highest BCUT2D eigenvalue weighted by atomic mass is 32.1. The van der Waals surface area contributed by atoms with Crippen LogP contribution in [0.2, 0.25) is 0 Å². The number of amides is 1. The summed E-state index contributed by atoms with van der Waals surface area (Å²) in [6.07, 6.45) is 0. The Balaban J connectivity index is 2.24. The summed E-state index contributed by atoms with van der Waals surface area (Å²) in [4.78, 5) is 37.1. The fraction of sp³-hybridized carbons (Fsp3) is 0.278. The lowest BCUT2D eigenvalue weighted by Gasteiger charge is -2.22. The van der Waals surface area contributed by atoms with Gasteiger partial charge in [0.15, 0.2) is 5.78 Å². The molecule has 7 heteroatoms. The van der Waals surface area contributed by atoms with E-state index in [0.29, 0.717) is 5.56 Å². The molecule has 2 unspecified atom stereocenters. The molecular formula is C18H18FNO4S. The van der Waals surface area contributed by atoms with Gasteiger partial charge >= 0.3 is 5.97 Å². The SMILES string of the molecule is CCOC(=O)C(C)C(NC(=O)c1ccc(F)cc1)C(=O)c1ccsc1. The molecule has 0 bridgehead atoms. The maximum absolute atomic E-state index is 13.0. The van der Waals surface area contributed by atoms with Gasteiger partial charge in [0.2, 0.25) is 0 Å². The van der Waals surface area contributed by atoms with E-state index in [0.717, 1.165) is 12.1 Å². The van der Waals surface area contributed by atoms with Crippen LogP contribution in [-0.2, 0) is 9.53 Å². The van der Waals surface area contributed by atoms with Crippen LogP contribution in [0.25, 0.3) is 0 Å². The first-order chi connectivity index (χ1) is 11.9. The van der Waals surface area contributed by atoms with Gasteiger partial charge in [0, 0.05) is 16.5 Å². The topological polar surface area (TPSA) is 72.5 Å².